The van der Waals surface area contributed by atoms with E-state index in [4.69, 9.17) is 16.7 Å². The predicted octanol–water partition coefficient (Wildman–Crippen LogP) is 3.20. The fraction of sp³-hybridized carbons (Fsp3) is 0.238. The van der Waals surface area contributed by atoms with Gasteiger partial charge in [-0.2, -0.15) is 5.10 Å². The Hall–Kier alpha value is -2.52. The molecule has 0 N–H and O–H groups in total. The van der Waals surface area contributed by atoms with Gasteiger partial charge in [0.05, 0.1) is 30.4 Å². The lowest BCUT2D eigenvalue weighted by Crippen LogP contribution is -2.28. The van der Waals surface area contributed by atoms with E-state index in [9.17, 15) is 13.0 Å². The van der Waals surface area contributed by atoms with E-state index in [0.717, 1.165) is 35.0 Å². The number of halogens is 1. The molecule has 0 saturated carbocycles. The van der Waals surface area contributed by atoms with Gasteiger partial charge in [0.15, 0.2) is 6.20 Å². The van der Waals surface area contributed by atoms with E-state index in [1.165, 1.54) is 11.3 Å². The van der Waals surface area contributed by atoms with Crippen LogP contribution in [-0.4, -0.2) is 32.3 Å². The van der Waals surface area contributed by atoms with E-state index >= 15 is 0 Å². The van der Waals surface area contributed by atoms with Gasteiger partial charge < -0.3 is 4.55 Å². The van der Waals surface area contributed by atoms with Gasteiger partial charge >= 0.3 is 0 Å². The average molecular weight is 448 g/mol. The molecule has 0 fully saturated rings. The van der Waals surface area contributed by atoms with Gasteiger partial charge in [-0.15, -0.1) is 0 Å². The van der Waals surface area contributed by atoms with Crippen LogP contribution in [0.4, 0.5) is 5.69 Å². The monoisotopic (exact) mass is 447 g/mol. The minimum Gasteiger partial charge on any atom is -0.726 e. The zero-order chi connectivity index (χ0) is 21.9. The molecule has 1 atom stereocenters. The van der Waals surface area contributed by atoms with Crippen molar-refractivity contribution in [2.75, 3.05) is 12.1 Å². The number of hydrogen-bond donors (Lipinski definition) is 0. The molecule has 1 aliphatic heterocycles. The molecule has 0 saturated heterocycles. The van der Waals surface area contributed by atoms with Crippen molar-refractivity contribution < 1.29 is 21.7 Å². The summed E-state index contributed by atoms with van der Waals surface area (Å²) >= 11 is 6.20. The summed E-state index contributed by atoms with van der Waals surface area (Å²) < 4.78 is 33.1. The molecule has 0 amide bonds. The average Bonchev–Trinajstić information content (AvgIpc) is 3.02. The number of hydrogen-bond acceptors (Lipinski definition) is 6. The maximum atomic E-state index is 9.22. The molecular formula is C21H22ClN3O4S. The molecule has 1 unspecified atom stereocenters. The zero-order valence-electron chi connectivity index (χ0n) is 16.8. The minimum atomic E-state index is -4.41. The normalized spacial score (nSPS) is 15.9. The van der Waals surface area contributed by atoms with Crippen LogP contribution in [0.5, 0.6) is 0 Å². The van der Waals surface area contributed by atoms with Crippen molar-refractivity contribution in [3.05, 3.63) is 70.9 Å². The van der Waals surface area contributed by atoms with E-state index in [0.29, 0.717) is 6.04 Å². The van der Waals surface area contributed by atoms with Crippen molar-refractivity contribution in [1.82, 2.24) is 0 Å². The van der Waals surface area contributed by atoms with Crippen LogP contribution in [0.15, 0.2) is 59.8 Å². The van der Waals surface area contributed by atoms with Crippen LogP contribution in [0.25, 0.3) is 10.9 Å². The third-order valence-electron chi connectivity index (χ3n) is 4.82. The van der Waals surface area contributed by atoms with Gasteiger partial charge in [0, 0.05) is 22.7 Å². The van der Waals surface area contributed by atoms with Gasteiger partial charge in [-0.1, -0.05) is 29.8 Å². The first-order chi connectivity index (χ1) is 14.2. The summed E-state index contributed by atoms with van der Waals surface area (Å²) in [5.41, 5.74) is 4.76. The molecule has 0 bridgehead atoms. The summed E-state index contributed by atoms with van der Waals surface area (Å²) in [6, 6.07) is 16.9. The number of aromatic nitrogens is 1. The number of rotatable bonds is 3. The predicted molar refractivity (Wildman–Crippen MR) is 117 cm³/mol. The Morgan fingerprint density at radius 1 is 1.27 bits per heavy atom. The van der Waals surface area contributed by atoms with Crippen molar-refractivity contribution in [1.29, 1.82) is 0 Å². The van der Waals surface area contributed by atoms with Gasteiger partial charge in [0.25, 0.3) is 0 Å². The zero-order valence-corrected chi connectivity index (χ0v) is 18.4. The van der Waals surface area contributed by atoms with Gasteiger partial charge in [-0.25, -0.2) is 13.0 Å². The summed E-state index contributed by atoms with van der Waals surface area (Å²) in [5.74, 6) is 0. The highest BCUT2D eigenvalue weighted by Gasteiger charge is 2.24. The number of fused-ring (bicyclic) bond motifs is 2. The molecule has 0 spiro atoms. The van der Waals surface area contributed by atoms with Crippen LogP contribution in [0, 0.1) is 0 Å². The molecule has 30 heavy (non-hydrogen) atoms. The number of hydrazone groups is 1. The summed E-state index contributed by atoms with van der Waals surface area (Å²) in [4.78, 5) is 0. The second-order valence-electron chi connectivity index (χ2n) is 6.89. The third kappa shape index (κ3) is 5.14. The lowest BCUT2D eigenvalue weighted by Gasteiger charge is -2.18. The molecule has 7 nitrogen and oxygen atoms in total. The largest absolute Gasteiger partial charge is 0.726 e. The van der Waals surface area contributed by atoms with Crippen LogP contribution < -0.4 is 9.58 Å². The van der Waals surface area contributed by atoms with Gasteiger partial charge in [-0.3, -0.25) is 9.19 Å². The molecule has 4 rings (SSSR count). The topological polar surface area (TPSA) is 85.9 Å². The fourth-order valence-corrected chi connectivity index (χ4v) is 3.54. The highest BCUT2D eigenvalue weighted by atomic mass is 35.5. The van der Waals surface area contributed by atoms with E-state index in [-0.39, 0.29) is 0 Å². The standard InChI is InChI=1S/C20H19ClN3.CH4O4S/c1-14-11-15-5-3-4-6-19(15)24(14)22-13-16-9-10-23(2)20-8-7-17(21)12-18(16)20;1-5-6(2,3)4/h3-10,12-14H,11H2,1-2H3;1H3,(H,2,3,4)/q+1;/p-1. The maximum absolute atomic E-state index is 9.22. The van der Waals surface area contributed by atoms with Gasteiger partial charge in [0.1, 0.15) is 7.05 Å². The first kappa shape index (κ1) is 22.2. The lowest BCUT2D eigenvalue weighted by atomic mass is 10.1. The fourth-order valence-electron chi connectivity index (χ4n) is 3.37. The second-order valence-corrected chi connectivity index (χ2v) is 8.48. The van der Waals surface area contributed by atoms with Crippen LogP contribution in [0.2, 0.25) is 5.02 Å². The Morgan fingerprint density at radius 2 is 1.97 bits per heavy atom. The Kier molecular flexibility index (Phi) is 6.72. The summed E-state index contributed by atoms with van der Waals surface area (Å²) in [6.45, 7) is 2.21. The van der Waals surface area contributed by atoms with E-state index in [1.807, 2.05) is 31.5 Å². The molecule has 2 aromatic carbocycles. The summed E-state index contributed by atoms with van der Waals surface area (Å²) in [6.07, 6.45) is 5.03. The number of nitrogens with zero attached hydrogens (tertiary/aromatic N) is 3. The second kappa shape index (κ2) is 9.09. The molecule has 158 valence electrons. The molecule has 2 heterocycles. The highest BCUT2D eigenvalue weighted by molar-refractivity contribution is 7.80. The van der Waals surface area contributed by atoms with Crippen LogP contribution in [0.1, 0.15) is 18.1 Å². The van der Waals surface area contributed by atoms with Crippen molar-refractivity contribution in [2.24, 2.45) is 12.1 Å². The summed E-state index contributed by atoms with van der Waals surface area (Å²) in [5, 5.41) is 8.74. The SMILES string of the molecule is CC1Cc2ccccc2N1/N=C/c1cc[n+](C)c2ccc(Cl)cc12.COS(=O)(=O)[O-]. The first-order valence-electron chi connectivity index (χ1n) is 9.20. The van der Waals surface area contributed by atoms with Crippen LogP contribution in [0.3, 0.4) is 0 Å². The number of aryl methyl sites for hydroxylation is 1. The number of benzene rings is 2. The number of anilines is 1. The Morgan fingerprint density at radius 3 is 2.67 bits per heavy atom. The van der Waals surface area contributed by atoms with Crippen molar-refractivity contribution >= 4 is 44.8 Å². The number of para-hydroxylation sites is 1. The molecule has 1 aromatic heterocycles. The lowest BCUT2D eigenvalue weighted by molar-refractivity contribution is -0.644. The molecule has 1 aliphatic rings. The molecule has 9 heteroatoms. The smallest absolute Gasteiger partial charge is 0.217 e. The van der Waals surface area contributed by atoms with Crippen LogP contribution >= 0.6 is 11.6 Å². The summed E-state index contributed by atoms with van der Waals surface area (Å²) in [7, 11) is -1.57. The van der Waals surface area contributed by atoms with Gasteiger partial charge in [0.2, 0.25) is 15.9 Å². The molecular weight excluding hydrogens is 426 g/mol. The van der Waals surface area contributed by atoms with Crippen LogP contribution in [-0.2, 0) is 28.1 Å². The van der Waals surface area contributed by atoms with E-state index < -0.39 is 10.4 Å². The molecule has 3 aromatic rings. The third-order valence-corrected chi connectivity index (χ3v) is 5.47. The van der Waals surface area contributed by atoms with Crippen molar-refractivity contribution in [3.8, 4) is 0 Å². The van der Waals surface area contributed by atoms with E-state index in [2.05, 4.69) is 57.2 Å². The van der Waals surface area contributed by atoms with Crippen molar-refractivity contribution in [3.63, 3.8) is 0 Å². The quantitative estimate of drug-likeness (QED) is 0.266. The molecule has 0 aliphatic carbocycles. The highest BCUT2D eigenvalue weighted by Crippen LogP contribution is 2.32. The number of pyridine rings is 1. The Labute approximate surface area is 181 Å². The van der Waals surface area contributed by atoms with E-state index in [1.54, 1.807) is 0 Å². The Balaban J connectivity index is 0.000000377. The minimum absolute atomic E-state index is 0.369. The molecule has 0 radical (unpaired) electrons. The maximum Gasteiger partial charge on any atom is 0.217 e. The van der Waals surface area contributed by atoms with Crippen molar-refractivity contribution in [2.45, 2.75) is 19.4 Å². The van der Waals surface area contributed by atoms with Gasteiger partial charge in [-0.05, 0) is 37.1 Å². The Bertz CT molecular complexity index is 1200. The first-order valence-corrected chi connectivity index (χ1v) is 10.9.